The summed E-state index contributed by atoms with van der Waals surface area (Å²) in [4.78, 5) is 25.0. The van der Waals surface area contributed by atoms with E-state index in [1.807, 2.05) is 24.3 Å². The van der Waals surface area contributed by atoms with Crippen molar-refractivity contribution >= 4 is 23.2 Å². The van der Waals surface area contributed by atoms with E-state index >= 15 is 0 Å². The SMILES string of the molecule is C[C@H](OC(=O)c1cc2c(s1)-c1ccccc1OC2)C(=O)NCC(F)(F)F. The lowest BCUT2D eigenvalue weighted by atomic mass is 10.1. The third kappa shape index (κ3) is 3.98. The maximum absolute atomic E-state index is 12.2. The standard InChI is InChI=1S/C17H14F3NO4S/c1-9(15(22)21-8-17(18,19)20)25-16(23)13-6-10-7-24-12-5-3-2-4-11(12)14(10)26-13/h2-6,9H,7-8H2,1H3,(H,21,22)/t9-/m0/s1. The Bertz CT molecular complexity index is 847. The highest BCUT2D eigenvalue weighted by molar-refractivity contribution is 7.17. The normalized spacial score (nSPS) is 13.8. The van der Waals surface area contributed by atoms with Gasteiger partial charge in [-0.05, 0) is 25.1 Å². The van der Waals surface area contributed by atoms with Crippen LogP contribution in [0.2, 0.25) is 0 Å². The monoisotopic (exact) mass is 385 g/mol. The molecule has 1 amide bonds. The van der Waals surface area contributed by atoms with Gasteiger partial charge in [0.25, 0.3) is 5.91 Å². The van der Waals surface area contributed by atoms with Crippen molar-refractivity contribution < 1.29 is 32.2 Å². The van der Waals surface area contributed by atoms with Crippen LogP contribution in [0.25, 0.3) is 10.4 Å². The molecule has 0 spiro atoms. The van der Waals surface area contributed by atoms with Crippen molar-refractivity contribution in [2.24, 2.45) is 0 Å². The zero-order valence-corrected chi connectivity index (χ0v) is 14.4. The molecule has 2 heterocycles. The molecule has 1 aromatic heterocycles. The van der Waals surface area contributed by atoms with Crippen molar-refractivity contribution in [2.45, 2.75) is 25.8 Å². The van der Waals surface area contributed by atoms with Crippen LogP contribution < -0.4 is 10.1 Å². The van der Waals surface area contributed by atoms with Gasteiger partial charge in [-0.25, -0.2) is 4.79 Å². The number of rotatable bonds is 4. The number of esters is 1. The van der Waals surface area contributed by atoms with Crippen molar-refractivity contribution in [2.75, 3.05) is 6.54 Å². The molecule has 0 bridgehead atoms. The Labute approximate surface area is 150 Å². The average molecular weight is 385 g/mol. The van der Waals surface area contributed by atoms with Gasteiger partial charge in [0.05, 0.1) is 0 Å². The maximum atomic E-state index is 12.2. The molecule has 1 atom stereocenters. The Morgan fingerprint density at radius 3 is 2.81 bits per heavy atom. The minimum absolute atomic E-state index is 0.255. The van der Waals surface area contributed by atoms with Crippen LogP contribution in [0.3, 0.4) is 0 Å². The average Bonchev–Trinajstić information content (AvgIpc) is 3.03. The molecule has 0 aliphatic carbocycles. The summed E-state index contributed by atoms with van der Waals surface area (Å²) in [5, 5.41) is 1.68. The Balaban J connectivity index is 1.68. The van der Waals surface area contributed by atoms with Crippen LogP contribution in [-0.2, 0) is 16.1 Å². The third-order valence-corrected chi connectivity index (χ3v) is 4.83. The molecule has 138 valence electrons. The van der Waals surface area contributed by atoms with Crippen molar-refractivity contribution in [1.82, 2.24) is 5.32 Å². The van der Waals surface area contributed by atoms with E-state index in [0.29, 0.717) is 12.4 Å². The molecule has 0 radical (unpaired) electrons. The quantitative estimate of drug-likeness (QED) is 0.818. The van der Waals surface area contributed by atoms with E-state index in [1.165, 1.54) is 18.3 Å². The molecule has 1 aromatic carbocycles. The van der Waals surface area contributed by atoms with Crippen molar-refractivity contribution in [3.8, 4) is 16.2 Å². The van der Waals surface area contributed by atoms with Crippen LogP contribution >= 0.6 is 11.3 Å². The first-order chi connectivity index (χ1) is 12.2. The minimum Gasteiger partial charge on any atom is -0.488 e. The highest BCUT2D eigenvalue weighted by atomic mass is 32.1. The smallest absolute Gasteiger partial charge is 0.405 e. The number of hydrogen-bond acceptors (Lipinski definition) is 5. The summed E-state index contributed by atoms with van der Waals surface area (Å²) in [5.41, 5.74) is 1.67. The number of para-hydroxylation sites is 1. The van der Waals surface area contributed by atoms with Crippen LogP contribution in [0.15, 0.2) is 30.3 Å². The molecule has 5 nitrogen and oxygen atoms in total. The molecular formula is C17H14F3NO4S. The summed E-state index contributed by atoms with van der Waals surface area (Å²) in [7, 11) is 0. The van der Waals surface area contributed by atoms with Gasteiger partial charge < -0.3 is 14.8 Å². The predicted molar refractivity (Wildman–Crippen MR) is 88.0 cm³/mol. The van der Waals surface area contributed by atoms with Crippen molar-refractivity contribution in [1.29, 1.82) is 0 Å². The number of carbonyl (C=O) groups excluding carboxylic acids is 2. The molecule has 0 saturated heterocycles. The van der Waals surface area contributed by atoms with Gasteiger partial charge in [0.2, 0.25) is 0 Å². The molecule has 9 heteroatoms. The number of alkyl halides is 3. The van der Waals surface area contributed by atoms with Gasteiger partial charge in [-0.3, -0.25) is 4.79 Å². The summed E-state index contributed by atoms with van der Waals surface area (Å²) < 4.78 is 47.0. The summed E-state index contributed by atoms with van der Waals surface area (Å²) in [6.07, 6.45) is -5.87. The number of nitrogens with one attached hydrogen (secondary N) is 1. The second-order valence-electron chi connectivity index (χ2n) is 5.63. The summed E-state index contributed by atoms with van der Waals surface area (Å²) in [5.74, 6) is -1.07. The Kier molecular flexibility index (Phi) is 4.90. The lowest BCUT2D eigenvalue weighted by Crippen LogP contribution is -2.40. The second-order valence-corrected chi connectivity index (χ2v) is 6.68. The fourth-order valence-electron chi connectivity index (χ4n) is 2.40. The van der Waals surface area contributed by atoms with Crippen LogP contribution in [-0.4, -0.2) is 30.7 Å². The van der Waals surface area contributed by atoms with E-state index in [0.717, 1.165) is 16.0 Å². The van der Waals surface area contributed by atoms with Gasteiger partial charge in [0, 0.05) is 16.0 Å². The molecule has 0 fully saturated rings. The Morgan fingerprint density at radius 1 is 1.35 bits per heavy atom. The number of fused-ring (bicyclic) bond motifs is 3. The Morgan fingerprint density at radius 2 is 2.08 bits per heavy atom. The highest BCUT2D eigenvalue weighted by Crippen LogP contribution is 2.42. The van der Waals surface area contributed by atoms with Crippen LogP contribution in [0.4, 0.5) is 13.2 Å². The number of carbonyl (C=O) groups is 2. The van der Waals surface area contributed by atoms with E-state index in [4.69, 9.17) is 9.47 Å². The first-order valence-electron chi connectivity index (χ1n) is 7.65. The largest absolute Gasteiger partial charge is 0.488 e. The van der Waals surface area contributed by atoms with E-state index in [2.05, 4.69) is 0 Å². The first-order valence-corrected chi connectivity index (χ1v) is 8.46. The zero-order chi connectivity index (χ0) is 18.9. The number of amides is 1. The van der Waals surface area contributed by atoms with Gasteiger partial charge in [-0.15, -0.1) is 11.3 Å². The highest BCUT2D eigenvalue weighted by Gasteiger charge is 2.30. The lowest BCUT2D eigenvalue weighted by molar-refractivity contribution is -0.143. The number of ether oxygens (including phenoxy) is 2. The molecule has 0 unspecified atom stereocenters. The fourth-order valence-corrected chi connectivity index (χ4v) is 3.48. The van der Waals surface area contributed by atoms with Gasteiger partial charge in [-0.2, -0.15) is 13.2 Å². The van der Waals surface area contributed by atoms with Gasteiger partial charge in [0.1, 0.15) is 23.8 Å². The number of hydrogen-bond donors (Lipinski definition) is 1. The maximum Gasteiger partial charge on any atom is 0.405 e. The number of halogens is 3. The number of thiophene rings is 1. The molecule has 0 saturated carbocycles. The van der Waals surface area contributed by atoms with E-state index in [9.17, 15) is 22.8 Å². The first kappa shape index (κ1) is 18.2. The molecule has 2 aromatic rings. The molecule has 1 aliphatic heterocycles. The molecule has 1 aliphatic rings. The number of benzene rings is 1. The fraction of sp³-hybridized carbons (Fsp3) is 0.294. The van der Waals surface area contributed by atoms with Crippen molar-refractivity contribution in [3.05, 3.63) is 40.8 Å². The third-order valence-electron chi connectivity index (χ3n) is 3.64. The van der Waals surface area contributed by atoms with Crippen LogP contribution in [0, 0.1) is 0 Å². The predicted octanol–water partition coefficient (Wildman–Crippen LogP) is 3.53. The Hall–Kier alpha value is -2.55. The summed E-state index contributed by atoms with van der Waals surface area (Å²) >= 11 is 1.19. The van der Waals surface area contributed by atoms with Gasteiger partial charge >= 0.3 is 12.1 Å². The van der Waals surface area contributed by atoms with E-state index < -0.39 is 30.7 Å². The zero-order valence-electron chi connectivity index (χ0n) is 13.6. The second kappa shape index (κ2) is 6.99. The van der Waals surface area contributed by atoms with Crippen LogP contribution in [0.1, 0.15) is 22.2 Å². The van der Waals surface area contributed by atoms with Gasteiger partial charge in [-0.1, -0.05) is 12.1 Å². The van der Waals surface area contributed by atoms with E-state index in [1.54, 1.807) is 11.4 Å². The van der Waals surface area contributed by atoms with Crippen molar-refractivity contribution in [3.63, 3.8) is 0 Å². The summed E-state index contributed by atoms with van der Waals surface area (Å²) in [6.45, 7) is 0.0441. The molecular weight excluding hydrogens is 371 g/mol. The molecule has 1 N–H and O–H groups in total. The molecule has 26 heavy (non-hydrogen) atoms. The minimum atomic E-state index is -4.53. The van der Waals surface area contributed by atoms with E-state index in [-0.39, 0.29) is 4.88 Å². The topological polar surface area (TPSA) is 64.6 Å². The lowest BCUT2D eigenvalue weighted by Gasteiger charge is -2.16. The molecule has 3 rings (SSSR count). The van der Waals surface area contributed by atoms with Gasteiger partial charge in [0.15, 0.2) is 6.10 Å². The summed E-state index contributed by atoms with van der Waals surface area (Å²) in [6, 6.07) is 8.99. The van der Waals surface area contributed by atoms with Crippen LogP contribution in [0.5, 0.6) is 5.75 Å².